The van der Waals surface area contributed by atoms with E-state index in [-0.39, 0.29) is 12.5 Å². The number of fused-ring (bicyclic) bond motifs is 1. The van der Waals surface area contributed by atoms with E-state index in [1.807, 2.05) is 24.4 Å². The lowest BCUT2D eigenvalue weighted by atomic mass is 10.2. The van der Waals surface area contributed by atoms with Crippen LogP contribution in [0.25, 0.3) is 21.7 Å². The fraction of sp³-hybridized carbons (Fsp3) is 0.188. The van der Waals surface area contributed by atoms with Gasteiger partial charge in [-0.25, -0.2) is 9.48 Å². The number of aryl methyl sites for hydroxylation is 1. The van der Waals surface area contributed by atoms with Gasteiger partial charge in [0.25, 0.3) is 5.89 Å². The average molecular weight is 355 g/mol. The molecular formula is C16H13N5O3S. The van der Waals surface area contributed by atoms with Crippen LogP contribution in [0.1, 0.15) is 23.2 Å². The van der Waals surface area contributed by atoms with Gasteiger partial charge in [0.2, 0.25) is 5.82 Å². The highest BCUT2D eigenvalue weighted by atomic mass is 32.1. The molecule has 0 unspecified atom stereocenters. The molecule has 0 aliphatic carbocycles. The van der Waals surface area contributed by atoms with Crippen molar-refractivity contribution in [1.82, 2.24) is 25.1 Å². The first kappa shape index (κ1) is 15.5. The molecule has 4 aromatic rings. The lowest BCUT2D eigenvalue weighted by molar-refractivity contribution is 0.0430. The fourth-order valence-corrected chi connectivity index (χ4v) is 3.01. The molecule has 0 aliphatic rings. The minimum Gasteiger partial charge on any atom is -0.452 e. The van der Waals surface area contributed by atoms with E-state index in [4.69, 9.17) is 9.26 Å². The lowest BCUT2D eigenvalue weighted by Gasteiger charge is -2.02. The molecule has 0 saturated carbocycles. The van der Waals surface area contributed by atoms with Crippen LogP contribution >= 0.6 is 11.3 Å². The predicted octanol–water partition coefficient (Wildman–Crippen LogP) is 2.92. The van der Waals surface area contributed by atoms with E-state index < -0.39 is 5.97 Å². The lowest BCUT2D eigenvalue weighted by Crippen LogP contribution is -2.05. The van der Waals surface area contributed by atoms with Crippen molar-refractivity contribution in [2.24, 2.45) is 0 Å². The van der Waals surface area contributed by atoms with Crippen molar-refractivity contribution < 1.29 is 14.1 Å². The molecule has 0 aliphatic heterocycles. The third-order valence-electron chi connectivity index (χ3n) is 3.59. The van der Waals surface area contributed by atoms with Gasteiger partial charge in [-0.1, -0.05) is 16.4 Å². The Labute approximate surface area is 146 Å². The van der Waals surface area contributed by atoms with Gasteiger partial charge in [-0.2, -0.15) is 4.98 Å². The number of thiophene rings is 1. The first-order chi connectivity index (χ1) is 12.2. The number of esters is 1. The molecule has 1 aromatic carbocycles. The van der Waals surface area contributed by atoms with Crippen molar-refractivity contribution in [2.75, 3.05) is 0 Å². The van der Waals surface area contributed by atoms with Crippen LogP contribution < -0.4 is 0 Å². The molecule has 0 atom stereocenters. The number of carbonyl (C=O) groups excluding carboxylic acids is 1. The number of hydrogen-bond acceptors (Lipinski definition) is 8. The second-order valence-electron chi connectivity index (χ2n) is 5.17. The second kappa shape index (κ2) is 6.44. The van der Waals surface area contributed by atoms with E-state index in [0.717, 1.165) is 10.4 Å². The molecule has 0 saturated heterocycles. The van der Waals surface area contributed by atoms with Crippen molar-refractivity contribution in [3.8, 4) is 10.7 Å². The highest BCUT2D eigenvalue weighted by Crippen LogP contribution is 2.21. The third-order valence-corrected chi connectivity index (χ3v) is 4.45. The minimum atomic E-state index is -0.483. The third kappa shape index (κ3) is 3.01. The average Bonchev–Trinajstić information content (AvgIpc) is 3.38. The normalized spacial score (nSPS) is 11.1. The van der Waals surface area contributed by atoms with Gasteiger partial charge in [-0.3, -0.25) is 0 Å². The molecule has 4 rings (SSSR count). The molecule has 0 fully saturated rings. The summed E-state index contributed by atoms with van der Waals surface area (Å²) in [5.74, 6) is 0.247. The number of carbonyl (C=O) groups is 1. The molecule has 3 heterocycles. The van der Waals surface area contributed by atoms with Crippen LogP contribution in [0.3, 0.4) is 0 Å². The fourth-order valence-electron chi connectivity index (χ4n) is 2.36. The van der Waals surface area contributed by atoms with Crippen molar-refractivity contribution in [2.45, 2.75) is 20.1 Å². The van der Waals surface area contributed by atoms with Gasteiger partial charge in [0, 0.05) is 6.54 Å². The molecule has 25 heavy (non-hydrogen) atoms. The van der Waals surface area contributed by atoms with Crippen molar-refractivity contribution in [1.29, 1.82) is 0 Å². The van der Waals surface area contributed by atoms with Gasteiger partial charge in [-0.15, -0.1) is 16.4 Å². The molecule has 3 aromatic heterocycles. The summed E-state index contributed by atoms with van der Waals surface area (Å²) < 4.78 is 12.1. The molecule has 126 valence electrons. The summed E-state index contributed by atoms with van der Waals surface area (Å²) in [6, 6.07) is 8.94. The van der Waals surface area contributed by atoms with Crippen molar-refractivity contribution >= 4 is 28.3 Å². The van der Waals surface area contributed by atoms with E-state index in [1.54, 1.807) is 22.9 Å². The molecule has 0 radical (unpaired) electrons. The summed E-state index contributed by atoms with van der Waals surface area (Å²) in [6.45, 7) is 2.60. The van der Waals surface area contributed by atoms with E-state index in [9.17, 15) is 4.79 Å². The maximum atomic E-state index is 12.2. The van der Waals surface area contributed by atoms with Crippen LogP contribution in [0.4, 0.5) is 0 Å². The van der Waals surface area contributed by atoms with Gasteiger partial charge in [0.1, 0.15) is 5.52 Å². The SMILES string of the molecule is CCn1nnc2cc(C(=O)OCc3nc(-c4cccs4)no3)ccc21. The summed E-state index contributed by atoms with van der Waals surface area (Å²) in [6.07, 6.45) is 0. The predicted molar refractivity (Wildman–Crippen MR) is 89.9 cm³/mol. The van der Waals surface area contributed by atoms with Crippen LogP contribution in [-0.4, -0.2) is 31.1 Å². The number of hydrogen-bond donors (Lipinski definition) is 0. The molecule has 9 heteroatoms. The van der Waals surface area contributed by atoms with Crippen LogP contribution in [0.2, 0.25) is 0 Å². The zero-order chi connectivity index (χ0) is 17.2. The highest BCUT2D eigenvalue weighted by Gasteiger charge is 2.14. The largest absolute Gasteiger partial charge is 0.452 e. The Morgan fingerprint density at radius 2 is 2.28 bits per heavy atom. The summed E-state index contributed by atoms with van der Waals surface area (Å²) >= 11 is 1.51. The maximum absolute atomic E-state index is 12.2. The zero-order valence-electron chi connectivity index (χ0n) is 13.2. The molecule has 8 nitrogen and oxygen atoms in total. The summed E-state index contributed by atoms with van der Waals surface area (Å²) in [7, 11) is 0. The second-order valence-corrected chi connectivity index (χ2v) is 6.12. The van der Waals surface area contributed by atoms with E-state index in [0.29, 0.717) is 23.4 Å². The van der Waals surface area contributed by atoms with E-state index in [1.165, 1.54) is 11.3 Å². The van der Waals surface area contributed by atoms with Gasteiger partial charge in [-0.05, 0) is 36.6 Å². The summed E-state index contributed by atoms with van der Waals surface area (Å²) in [5, 5.41) is 13.9. The Morgan fingerprint density at radius 3 is 3.08 bits per heavy atom. The molecule has 0 amide bonds. The number of rotatable bonds is 5. The number of aromatic nitrogens is 5. The Hall–Kier alpha value is -3.07. The highest BCUT2D eigenvalue weighted by molar-refractivity contribution is 7.13. The van der Waals surface area contributed by atoms with Crippen LogP contribution in [0, 0.1) is 0 Å². The van der Waals surface area contributed by atoms with Gasteiger partial charge >= 0.3 is 5.97 Å². The molecule has 0 spiro atoms. The molecule has 0 bridgehead atoms. The zero-order valence-corrected chi connectivity index (χ0v) is 14.1. The first-order valence-electron chi connectivity index (χ1n) is 7.61. The van der Waals surface area contributed by atoms with Gasteiger partial charge < -0.3 is 9.26 Å². The Morgan fingerprint density at radius 1 is 1.36 bits per heavy atom. The first-order valence-corrected chi connectivity index (χ1v) is 8.49. The van der Waals surface area contributed by atoms with Gasteiger partial charge in [0.15, 0.2) is 6.61 Å². The number of ether oxygens (including phenoxy) is 1. The monoisotopic (exact) mass is 355 g/mol. The quantitative estimate of drug-likeness (QED) is 0.508. The Bertz CT molecular complexity index is 1020. The number of benzene rings is 1. The minimum absolute atomic E-state index is 0.0864. The van der Waals surface area contributed by atoms with E-state index in [2.05, 4.69) is 20.5 Å². The van der Waals surface area contributed by atoms with Crippen molar-refractivity contribution in [3.05, 3.63) is 47.2 Å². The summed E-state index contributed by atoms with van der Waals surface area (Å²) in [4.78, 5) is 17.3. The topological polar surface area (TPSA) is 95.9 Å². The smallest absolute Gasteiger partial charge is 0.338 e. The van der Waals surface area contributed by atoms with Crippen molar-refractivity contribution in [3.63, 3.8) is 0 Å². The standard InChI is InChI=1S/C16H13N5O3S/c1-2-21-12-6-5-10(8-11(12)18-20-21)16(22)23-9-14-17-15(19-24-14)13-4-3-7-25-13/h3-8H,2,9H2,1H3. The number of nitrogens with zero attached hydrogens (tertiary/aromatic N) is 5. The van der Waals surface area contributed by atoms with Gasteiger partial charge in [0.05, 0.1) is 16.0 Å². The summed E-state index contributed by atoms with van der Waals surface area (Å²) in [5.41, 5.74) is 1.92. The van der Waals surface area contributed by atoms with Crippen LogP contribution in [0.15, 0.2) is 40.2 Å². The van der Waals surface area contributed by atoms with E-state index >= 15 is 0 Å². The maximum Gasteiger partial charge on any atom is 0.338 e. The molecule has 0 N–H and O–H groups in total. The van der Waals surface area contributed by atoms with Crippen LogP contribution in [-0.2, 0) is 17.9 Å². The molecular weight excluding hydrogens is 342 g/mol. The van der Waals surface area contributed by atoms with Crippen LogP contribution in [0.5, 0.6) is 0 Å². The Balaban J connectivity index is 1.45. The Kier molecular flexibility index (Phi) is 3.98.